The van der Waals surface area contributed by atoms with Crippen LogP contribution in [0.3, 0.4) is 0 Å². The highest BCUT2D eigenvalue weighted by Crippen LogP contribution is 2.32. The predicted octanol–water partition coefficient (Wildman–Crippen LogP) is 3.73. The lowest BCUT2D eigenvalue weighted by molar-refractivity contribution is -0.384. The van der Waals surface area contributed by atoms with Crippen LogP contribution in [0, 0.1) is 15.9 Å². The van der Waals surface area contributed by atoms with Gasteiger partial charge in [-0.3, -0.25) is 10.1 Å². The van der Waals surface area contributed by atoms with Gasteiger partial charge in [0.2, 0.25) is 0 Å². The van der Waals surface area contributed by atoms with Gasteiger partial charge in [-0.25, -0.2) is 9.37 Å². The fourth-order valence-corrected chi connectivity index (χ4v) is 3.96. The van der Waals surface area contributed by atoms with Crippen molar-refractivity contribution in [1.82, 2.24) is 4.98 Å². The summed E-state index contributed by atoms with van der Waals surface area (Å²) in [6.45, 7) is 0.488. The number of fused-ring (bicyclic) bond motifs is 1. The van der Waals surface area contributed by atoms with Crippen molar-refractivity contribution < 1.29 is 14.1 Å². The molecule has 1 aliphatic rings. The van der Waals surface area contributed by atoms with Gasteiger partial charge in [-0.15, -0.1) is 11.3 Å². The Kier molecular flexibility index (Phi) is 4.94. The molecule has 0 bridgehead atoms. The minimum Gasteiger partial charge on any atom is -0.494 e. The molecule has 1 N–H and O–H groups in total. The van der Waals surface area contributed by atoms with E-state index in [9.17, 15) is 14.5 Å². The largest absolute Gasteiger partial charge is 0.494 e. The molecule has 0 amide bonds. The van der Waals surface area contributed by atoms with Crippen molar-refractivity contribution >= 4 is 22.7 Å². The molecule has 0 unspecified atom stereocenters. The normalized spacial score (nSPS) is 13.4. The molecule has 0 spiro atoms. The fourth-order valence-electron chi connectivity index (χ4n) is 2.81. The zero-order chi connectivity index (χ0) is 17.1. The molecule has 0 saturated heterocycles. The molecule has 0 aliphatic heterocycles. The minimum atomic E-state index is -0.748. The quantitative estimate of drug-likeness (QED) is 0.634. The van der Waals surface area contributed by atoms with Crippen molar-refractivity contribution in [1.29, 1.82) is 0 Å². The molecular formula is C16H18FN3O3S. The van der Waals surface area contributed by atoms with Crippen LogP contribution in [0.2, 0.25) is 0 Å². The molecule has 1 aromatic carbocycles. The fraction of sp³-hybridized carbons (Fsp3) is 0.438. The second-order valence-electron chi connectivity index (χ2n) is 5.62. The predicted molar refractivity (Wildman–Crippen MR) is 90.6 cm³/mol. The summed E-state index contributed by atoms with van der Waals surface area (Å²) < 4.78 is 18.5. The number of nitro benzene ring substituents is 1. The van der Waals surface area contributed by atoms with E-state index in [0.29, 0.717) is 13.0 Å². The highest BCUT2D eigenvalue weighted by atomic mass is 32.1. The average molecular weight is 351 g/mol. The number of nitro groups is 1. The lowest BCUT2D eigenvalue weighted by Gasteiger charge is -2.09. The summed E-state index contributed by atoms with van der Waals surface area (Å²) in [4.78, 5) is 16.5. The van der Waals surface area contributed by atoms with Gasteiger partial charge >= 0.3 is 0 Å². The van der Waals surface area contributed by atoms with Crippen LogP contribution in [0.5, 0.6) is 5.75 Å². The number of aromatic nitrogens is 1. The maximum Gasteiger partial charge on any atom is 0.295 e. The second-order valence-corrected chi connectivity index (χ2v) is 6.79. The van der Waals surface area contributed by atoms with Crippen LogP contribution in [0.25, 0.3) is 0 Å². The third-order valence-corrected chi connectivity index (χ3v) is 5.23. The third-order valence-electron chi connectivity index (χ3n) is 4.01. The van der Waals surface area contributed by atoms with E-state index < -0.39 is 10.7 Å². The van der Waals surface area contributed by atoms with E-state index in [0.717, 1.165) is 23.9 Å². The van der Waals surface area contributed by atoms with Gasteiger partial charge in [0.05, 0.1) is 28.8 Å². The molecule has 0 fully saturated rings. The number of benzene rings is 1. The number of nitrogens with zero attached hydrogens (tertiary/aromatic N) is 2. The van der Waals surface area contributed by atoms with Crippen LogP contribution in [0.1, 0.15) is 28.4 Å². The summed E-state index contributed by atoms with van der Waals surface area (Å²) in [6.07, 6.45) is 5.22. The van der Waals surface area contributed by atoms with Gasteiger partial charge in [0.1, 0.15) is 5.69 Å². The van der Waals surface area contributed by atoms with Crippen molar-refractivity contribution in [3.63, 3.8) is 0 Å². The van der Waals surface area contributed by atoms with Gasteiger partial charge in [0, 0.05) is 23.9 Å². The SMILES string of the molecule is COc1cc(NCCc2nc3c(s2)CCCC3)c([N+](=O)[O-])cc1F. The van der Waals surface area contributed by atoms with Crippen LogP contribution in [-0.4, -0.2) is 23.6 Å². The lowest BCUT2D eigenvalue weighted by Crippen LogP contribution is -2.08. The van der Waals surface area contributed by atoms with Gasteiger partial charge < -0.3 is 10.1 Å². The highest BCUT2D eigenvalue weighted by Gasteiger charge is 2.19. The van der Waals surface area contributed by atoms with Crippen molar-refractivity contribution in [2.45, 2.75) is 32.1 Å². The minimum absolute atomic E-state index is 0.0205. The van der Waals surface area contributed by atoms with Crippen LogP contribution in [-0.2, 0) is 19.3 Å². The van der Waals surface area contributed by atoms with E-state index >= 15 is 0 Å². The molecule has 2 aromatic rings. The number of nitrogens with one attached hydrogen (secondary N) is 1. The van der Waals surface area contributed by atoms with Crippen LogP contribution in [0.15, 0.2) is 12.1 Å². The zero-order valence-corrected chi connectivity index (χ0v) is 14.1. The lowest BCUT2D eigenvalue weighted by atomic mass is 10.0. The smallest absolute Gasteiger partial charge is 0.295 e. The standard InChI is InChI=1S/C16H18FN3O3S/c1-23-14-9-12(13(20(21)22)8-10(14)17)18-7-6-16-19-11-4-2-3-5-15(11)24-16/h8-9,18H,2-7H2,1H3. The Labute approximate surface area is 142 Å². The van der Waals surface area contributed by atoms with Gasteiger partial charge in [-0.1, -0.05) is 0 Å². The number of aryl methyl sites for hydroxylation is 2. The van der Waals surface area contributed by atoms with Crippen LogP contribution < -0.4 is 10.1 Å². The van der Waals surface area contributed by atoms with E-state index in [1.54, 1.807) is 11.3 Å². The Morgan fingerprint density at radius 2 is 2.21 bits per heavy atom. The molecule has 0 saturated carbocycles. The first-order chi connectivity index (χ1) is 11.6. The number of halogens is 1. The number of rotatable bonds is 6. The molecule has 0 radical (unpaired) electrons. The molecular weight excluding hydrogens is 333 g/mol. The second kappa shape index (κ2) is 7.12. The first kappa shape index (κ1) is 16.6. The molecule has 3 rings (SSSR count). The monoisotopic (exact) mass is 351 g/mol. The van der Waals surface area contributed by atoms with E-state index in [1.807, 2.05) is 0 Å². The summed E-state index contributed by atoms with van der Waals surface area (Å²) in [5.41, 5.74) is 1.15. The van der Waals surface area contributed by atoms with Crippen molar-refractivity contribution in [2.75, 3.05) is 19.0 Å². The molecule has 24 heavy (non-hydrogen) atoms. The van der Waals surface area contributed by atoms with Gasteiger partial charge in [-0.2, -0.15) is 0 Å². The maximum absolute atomic E-state index is 13.6. The number of methoxy groups -OCH3 is 1. The Bertz CT molecular complexity index is 740. The Hall–Kier alpha value is -2.22. The van der Waals surface area contributed by atoms with Gasteiger partial charge in [-0.05, 0) is 25.7 Å². The van der Waals surface area contributed by atoms with E-state index in [4.69, 9.17) is 4.74 Å². The number of anilines is 1. The highest BCUT2D eigenvalue weighted by molar-refractivity contribution is 7.11. The maximum atomic E-state index is 13.6. The molecule has 1 aliphatic carbocycles. The first-order valence-corrected chi connectivity index (χ1v) is 8.63. The summed E-state index contributed by atoms with van der Waals surface area (Å²) in [5, 5.41) is 15.1. The molecule has 1 heterocycles. The Morgan fingerprint density at radius 3 is 2.92 bits per heavy atom. The number of ether oxygens (including phenoxy) is 1. The van der Waals surface area contributed by atoms with Gasteiger partial charge in [0.25, 0.3) is 5.69 Å². The summed E-state index contributed by atoms with van der Waals surface area (Å²) in [7, 11) is 1.33. The van der Waals surface area contributed by atoms with Crippen molar-refractivity contribution in [3.05, 3.63) is 43.6 Å². The summed E-state index contributed by atoms with van der Waals surface area (Å²) in [6, 6.07) is 2.20. The number of hydrogen-bond acceptors (Lipinski definition) is 6. The van der Waals surface area contributed by atoms with E-state index in [2.05, 4.69) is 10.3 Å². The topological polar surface area (TPSA) is 77.3 Å². The van der Waals surface area contributed by atoms with Crippen molar-refractivity contribution in [2.24, 2.45) is 0 Å². The van der Waals surface area contributed by atoms with Crippen molar-refractivity contribution in [3.8, 4) is 5.75 Å². The zero-order valence-electron chi connectivity index (χ0n) is 13.3. The molecule has 8 heteroatoms. The molecule has 0 atom stereocenters. The third kappa shape index (κ3) is 3.48. The summed E-state index contributed by atoms with van der Waals surface area (Å²) in [5.74, 6) is -0.768. The average Bonchev–Trinajstić information content (AvgIpc) is 2.98. The number of thiazole rings is 1. The van der Waals surface area contributed by atoms with E-state index in [-0.39, 0.29) is 17.1 Å². The van der Waals surface area contributed by atoms with Crippen LogP contribution >= 0.6 is 11.3 Å². The summed E-state index contributed by atoms with van der Waals surface area (Å²) >= 11 is 1.72. The molecule has 6 nitrogen and oxygen atoms in total. The van der Waals surface area contributed by atoms with Gasteiger partial charge in [0.15, 0.2) is 11.6 Å². The number of hydrogen-bond donors (Lipinski definition) is 1. The van der Waals surface area contributed by atoms with E-state index in [1.165, 1.54) is 36.6 Å². The molecule has 1 aromatic heterocycles. The Balaban J connectivity index is 1.69. The first-order valence-electron chi connectivity index (χ1n) is 7.81. The molecule has 128 valence electrons. The van der Waals surface area contributed by atoms with Crippen LogP contribution in [0.4, 0.5) is 15.8 Å². The Morgan fingerprint density at radius 1 is 1.42 bits per heavy atom.